The monoisotopic (exact) mass is 274 g/mol. The van der Waals surface area contributed by atoms with Crippen LogP contribution in [0.25, 0.3) is 5.69 Å². The van der Waals surface area contributed by atoms with Crippen molar-refractivity contribution in [3.63, 3.8) is 0 Å². The fourth-order valence-corrected chi connectivity index (χ4v) is 1.98. The Morgan fingerprint density at radius 1 is 1.39 bits per heavy atom. The summed E-state index contributed by atoms with van der Waals surface area (Å²) in [7, 11) is 0. The van der Waals surface area contributed by atoms with Crippen LogP contribution in [0.1, 0.15) is 23.2 Å². The van der Waals surface area contributed by atoms with Crippen molar-refractivity contribution >= 4 is 11.6 Å². The molecule has 0 atom stereocenters. The van der Waals surface area contributed by atoms with E-state index in [4.69, 9.17) is 11.6 Å². The van der Waals surface area contributed by atoms with Crippen LogP contribution in [0.4, 0.5) is 13.2 Å². The number of aryl methyl sites for hydroxylation is 1. The Morgan fingerprint density at radius 2 is 2.11 bits per heavy atom. The fourth-order valence-electron chi connectivity index (χ4n) is 1.78. The first-order valence-corrected chi connectivity index (χ1v) is 5.75. The molecule has 2 rings (SSSR count). The summed E-state index contributed by atoms with van der Waals surface area (Å²) in [5.41, 5.74) is 0.972. The minimum absolute atomic E-state index is 0.0418. The first-order valence-electron chi connectivity index (χ1n) is 5.22. The standard InChI is InChI=1S/C12H10ClF3N2/c1-7-4-9(14)2-3-10(7)18-11(12(15)16)8(5-13)6-17-18/h2-4,6,12H,5H2,1H3. The number of benzene rings is 1. The molecule has 0 spiro atoms. The van der Waals surface area contributed by atoms with Crippen LogP contribution in [0.5, 0.6) is 0 Å². The van der Waals surface area contributed by atoms with Crippen LogP contribution in [0.15, 0.2) is 24.4 Å². The van der Waals surface area contributed by atoms with Gasteiger partial charge in [0.1, 0.15) is 11.5 Å². The molecule has 2 nitrogen and oxygen atoms in total. The molecule has 0 saturated heterocycles. The first-order chi connectivity index (χ1) is 8.54. The smallest absolute Gasteiger partial charge is 0.231 e. The molecular formula is C12H10ClF3N2. The van der Waals surface area contributed by atoms with Gasteiger partial charge in [-0.2, -0.15) is 5.10 Å². The predicted octanol–water partition coefficient (Wildman–Crippen LogP) is 4.00. The van der Waals surface area contributed by atoms with E-state index >= 15 is 0 Å². The Morgan fingerprint density at radius 3 is 2.67 bits per heavy atom. The van der Waals surface area contributed by atoms with Crippen molar-refractivity contribution in [2.75, 3.05) is 0 Å². The van der Waals surface area contributed by atoms with Gasteiger partial charge in [0, 0.05) is 5.56 Å². The molecule has 0 amide bonds. The topological polar surface area (TPSA) is 17.8 Å². The maximum Gasteiger partial charge on any atom is 0.280 e. The molecule has 0 N–H and O–H groups in total. The van der Waals surface area contributed by atoms with Gasteiger partial charge in [-0.3, -0.25) is 0 Å². The van der Waals surface area contributed by atoms with Gasteiger partial charge in [-0.15, -0.1) is 11.6 Å². The van der Waals surface area contributed by atoms with Crippen LogP contribution >= 0.6 is 11.6 Å². The molecule has 1 heterocycles. The average molecular weight is 275 g/mol. The molecule has 0 fully saturated rings. The summed E-state index contributed by atoms with van der Waals surface area (Å²) in [5.74, 6) is -0.459. The maximum atomic E-state index is 13.0. The molecule has 0 aliphatic heterocycles. The summed E-state index contributed by atoms with van der Waals surface area (Å²) < 4.78 is 40.1. The number of hydrogen-bond donors (Lipinski definition) is 0. The second-order valence-corrected chi connectivity index (χ2v) is 4.10. The van der Waals surface area contributed by atoms with Crippen LogP contribution in [0, 0.1) is 12.7 Å². The number of aromatic nitrogens is 2. The van der Waals surface area contributed by atoms with E-state index in [0.717, 1.165) is 4.68 Å². The molecule has 18 heavy (non-hydrogen) atoms. The van der Waals surface area contributed by atoms with E-state index in [0.29, 0.717) is 11.3 Å². The van der Waals surface area contributed by atoms with E-state index in [1.165, 1.54) is 24.4 Å². The molecule has 0 aliphatic carbocycles. The molecule has 2 aromatic rings. The molecule has 1 aromatic heterocycles. The SMILES string of the molecule is Cc1cc(F)ccc1-n1ncc(CCl)c1C(F)F. The Balaban J connectivity index is 2.60. The molecule has 0 unspecified atom stereocenters. The quantitative estimate of drug-likeness (QED) is 0.774. The molecule has 0 bridgehead atoms. The van der Waals surface area contributed by atoms with E-state index in [1.807, 2.05) is 0 Å². The Labute approximate surface area is 107 Å². The second kappa shape index (κ2) is 5.02. The van der Waals surface area contributed by atoms with Crippen molar-refractivity contribution < 1.29 is 13.2 Å². The molecule has 0 radical (unpaired) electrons. The van der Waals surface area contributed by atoms with Gasteiger partial charge in [0.05, 0.1) is 17.8 Å². The molecule has 6 heteroatoms. The third-order valence-corrected chi connectivity index (χ3v) is 2.91. The predicted molar refractivity (Wildman–Crippen MR) is 62.8 cm³/mol. The summed E-state index contributed by atoms with van der Waals surface area (Å²) in [6, 6.07) is 3.90. The molecular weight excluding hydrogens is 265 g/mol. The third-order valence-electron chi connectivity index (χ3n) is 2.62. The van der Waals surface area contributed by atoms with Gasteiger partial charge in [-0.1, -0.05) is 0 Å². The Hall–Kier alpha value is -1.49. The van der Waals surface area contributed by atoms with E-state index in [-0.39, 0.29) is 17.1 Å². The number of nitrogens with zero attached hydrogens (tertiary/aromatic N) is 2. The van der Waals surface area contributed by atoms with E-state index in [2.05, 4.69) is 5.10 Å². The lowest BCUT2D eigenvalue weighted by molar-refractivity contribution is 0.142. The largest absolute Gasteiger partial charge is 0.280 e. The zero-order valence-corrected chi connectivity index (χ0v) is 10.3. The highest BCUT2D eigenvalue weighted by Crippen LogP contribution is 2.28. The van der Waals surface area contributed by atoms with Crippen LogP contribution in [0.2, 0.25) is 0 Å². The zero-order chi connectivity index (χ0) is 13.3. The minimum Gasteiger partial charge on any atom is -0.231 e. The van der Waals surface area contributed by atoms with Crippen molar-refractivity contribution in [3.05, 3.63) is 47.0 Å². The van der Waals surface area contributed by atoms with Crippen LogP contribution in [0.3, 0.4) is 0 Å². The van der Waals surface area contributed by atoms with Crippen LogP contribution < -0.4 is 0 Å². The molecule has 0 saturated carbocycles. The summed E-state index contributed by atoms with van der Waals surface area (Å²) in [6.45, 7) is 1.63. The molecule has 0 aliphatic rings. The van der Waals surface area contributed by atoms with Crippen molar-refractivity contribution in [1.82, 2.24) is 9.78 Å². The lowest BCUT2D eigenvalue weighted by Gasteiger charge is -2.10. The first kappa shape index (κ1) is 13.0. The summed E-state index contributed by atoms with van der Waals surface area (Å²) >= 11 is 5.60. The molecule has 1 aromatic carbocycles. The number of halogens is 4. The van der Waals surface area contributed by atoms with Gasteiger partial charge in [0.2, 0.25) is 0 Å². The number of rotatable bonds is 3. The van der Waals surface area contributed by atoms with Crippen LogP contribution in [-0.4, -0.2) is 9.78 Å². The Bertz CT molecular complexity index is 566. The highest BCUT2D eigenvalue weighted by Gasteiger charge is 2.21. The van der Waals surface area contributed by atoms with Gasteiger partial charge in [0.15, 0.2) is 0 Å². The minimum atomic E-state index is -2.69. The van der Waals surface area contributed by atoms with E-state index < -0.39 is 12.2 Å². The van der Waals surface area contributed by atoms with Gasteiger partial charge in [0.25, 0.3) is 6.43 Å². The number of alkyl halides is 3. The summed E-state index contributed by atoms with van der Waals surface area (Å²) in [5, 5.41) is 3.90. The Kier molecular flexibility index (Phi) is 3.61. The fraction of sp³-hybridized carbons (Fsp3) is 0.250. The van der Waals surface area contributed by atoms with Gasteiger partial charge in [-0.05, 0) is 30.7 Å². The van der Waals surface area contributed by atoms with Crippen molar-refractivity contribution in [2.45, 2.75) is 19.2 Å². The third kappa shape index (κ3) is 2.22. The average Bonchev–Trinajstić information content (AvgIpc) is 2.72. The van der Waals surface area contributed by atoms with Crippen LogP contribution in [-0.2, 0) is 5.88 Å². The van der Waals surface area contributed by atoms with E-state index in [1.54, 1.807) is 6.92 Å². The van der Waals surface area contributed by atoms with Crippen molar-refractivity contribution in [3.8, 4) is 5.69 Å². The van der Waals surface area contributed by atoms with E-state index in [9.17, 15) is 13.2 Å². The van der Waals surface area contributed by atoms with Gasteiger partial charge < -0.3 is 0 Å². The highest BCUT2D eigenvalue weighted by atomic mass is 35.5. The maximum absolute atomic E-state index is 13.0. The summed E-state index contributed by atoms with van der Waals surface area (Å²) in [6.07, 6.45) is -1.39. The van der Waals surface area contributed by atoms with Crippen molar-refractivity contribution in [1.29, 1.82) is 0 Å². The van der Waals surface area contributed by atoms with Gasteiger partial charge >= 0.3 is 0 Å². The lowest BCUT2D eigenvalue weighted by Crippen LogP contribution is -2.06. The zero-order valence-electron chi connectivity index (χ0n) is 9.50. The van der Waals surface area contributed by atoms with Gasteiger partial charge in [-0.25, -0.2) is 17.9 Å². The van der Waals surface area contributed by atoms with Crippen molar-refractivity contribution in [2.24, 2.45) is 0 Å². The lowest BCUT2D eigenvalue weighted by atomic mass is 10.2. The molecule has 96 valence electrons. The normalized spacial score (nSPS) is 11.2. The summed E-state index contributed by atoms with van der Waals surface area (Å²) in [4.78, 5) is 0. The second-order valence-electron chi connectivity index (χ2n) is 3.83. The number of hydrogen-bond acceptors (Lipinski definition) is 1. The highest BCUT2D eigenvalue weighted by molar-refractivity contribution is 6.17.